The summed E-state index contributed by atoms with van der Waals surface area (Å²) in [5.41, 5.74) is 6.30. The van der Waals surface area contributed by atoms with Crippen molar-refractivity contribution in [1.29, 1.82) is 0 Å². The molecule has 32 heavy (non-hydrogen) atoms. The van der Waals surface area contributed by atoms with Gasteiger partial charge < -0.3 is 15.2 Å². The van der Waals surface area contributed by atoms with E-state index >= 15 is 0 Å². The van der Waals surface area contributed by atoms with Gasteiger partial charge in [0.25, 0.3) is 0 Å². The first kappa shape index (κ1) is 21.2. The predicted octanol–water partition coefficient (Wildman–Crippen LogP) is 4.59. The lowest BCUT2D eigenvalue weighted by Crippen LogP contribution is -2.26. The average molecular weight is 425 g/mol. The van der Waals surface area contributed by atoms with E-state index < -0.39 is 12.1 Å². The Bertz CT molecular complexity index is 1140. The van der Waals surface area contributed by atoms with Crippen LogP contribution in [0.2, 0.25) is 0 Å². The lowest BCUT2D eigenvalue weighted by Gasteiger charge is -2.14. The minimum absolute atomic E-state index is 0.00222. The molecule has 0 aliphatic heterocycles. The van der Waals surface area contributed by atoms with Crippen molar-refractivity contribution < 1.29 is 19.4 Å². The third kappa shape index (κ3) is 4.98. The van der Waals surface area contributed by atoms with Crippen LogP contribution in [-0.2, 0) is 16.0 Å². The Labute approximate surface area is 187 Å². The molecule has 3 aromatic carbocycles. The molecule has 0 atom stereocenters. The third-order valence-corrected chi connectivity index (χ3v) is 5.41. The van der Waals surface area contributed by atoms with Crippen LogP contribution < -0.4 is 5.32 Å². The fraction of sp³-hybridized carbons (Fsp3) is 0.185. The molecule has 0 unspecified atom stereocenters. The van der Waals surface area contributed by atoms with Gasteiger partial charge in [-0.2, -0.15) is 0 Å². The second-order valence-electron chi connectivity index (χ2n) is 7.57. The Morgan fingerprint density at radius 1 is 0.906 bits per heavy atom. The number of ether oxygens (including phenoxy) is 1. The maximum absolute atomic E-state index is 12.2. The number of hydrogen-bond acceptors (Lipinski definition) is 3. The van der Waals surface area contributed by atoms with Crippen molar-refractivity contribution >= 4 is 12.1 Å². The van der Waals surface area contributed by atoms with Crippen LogP contribution in [0.4, 0.5) is 4.79 Å². The van der Waals surface area contributed by atoms with E-state index in [0.29, 0.717) is 13.0 Å². The highest BCUT2D eigenvalue weighted by molar-refractivity contribution is 5.79. The zero-order valence-electron chi connectivity index (χ0n) is 17.5. The molecule has 0 spiro atoms. The molecule has 0 saturated heterocycles. The number of amides is 1. The molecule has 5 heteroatoms. The van der Waals surface area contributed by atoms with Gasteiger partial charge in [-0.05, 0) is 39.9 Å². The molecule has 1 amide bonds. The van der Waals surface area contributed by atoms with Gasteiger partial charge in [-0.25, -0.2) is 4.79 Å². The van der Waals surface area contributed by atoms with Crippen LogP contribution in [0.1, 0.15) is 34.6 Å². The zero-order chi connectivity index (χ0) is 22.3. The van der Waals surface area contributed by atoms with Crippen molar-refractivity contribution in [3.05, 3.63) is 95.1 Å². The van der Waals surface area contributed by atoms with Crippen molar-refractivity contribution in [2.45, 2.75) is 18.8 Å². The number of carbonyl (C=O) groups is 2. The van der Waals surface area contributed by atoms with E-state index in [1.807, 2.05) is 24.3 Å². The molecule has 0 aromatic heterocycles. The SMILES string of the molecule is O=C(O)Cc1ccc(C#CCCNC(=O)OCC2c3ccccc3-c3ccccc32)cc1. The third-order valence-electron chi connectivity index (χ3n) is 5.41. The fourth-order valence-corrected chi connectivity index (χ4v) is 3.92. The maximum atomic E-state index is 12.2. The van der Waals surface area contributed by atoms with Crippen molar-refractivity contribution in [2.75, 3.05) is 13.2 Å². The summed E-state index contributed by atoms with van der Waals surface area (Å²) in [7, 11) is 0. The summed E-state index contributed by atoms with van der Waals surface area (Å²) in [6.45, 7) is 0.676. The monoisotopic (exact) mass is 425 g/mol. The molecule has 4 rings (SSSR count). The van der Waals surface area contributed by atoms with E-state index in [9.17, 15) is 9.59 Å². The predicted molar refractivity (Wildman–Crippen MR) is 122 cm³/mol. The smallest absolute Gasteiger partial charge is 0.407 e. The van der Waals surface area contributed by atoms with Crippen LogP contribution in [0.25, 0.3) is 11.1 Å². The Morgan fingerprint density at radius 2 is 1.53 bits per heavy atom. The van der Waals surface area contributed by atoms with Gasteiger partial charge in [0, 0.05) is 24.4 Å². The topological polar surface area (TPSA) is 75.6 Å². The Morgan fingerprint density at radius 3 is 2.16 bits per heavy atom. The lowest BCUT2D eigenvalue weighted by atomic mass is 9.98. The molecular formula is C27H23NO4. The highest BCUT2D eigenvalue weighted by atomic mass is 16.5. The van der Waals surface area contributed by atoms with E-state index in [4.69, 9.17) is 9.84 Å². The second-order valence-corrected chi connectivity index (χ2v) is 7.57. The maximum Gasteiger partial charge on any atom is 0.407 e. The largest absolute Gasteiger partial charge is 0.481 e. The van der Waals surface area contributed by atoms with Crippen LogP contribution in [0.5, 0.6) is 0 Å². The van der Waals surface area contributed by atoms with E-state index in [0.717, 1.165) is 11.1 Å². The second kappa shape index (κ2) is 9.84. The molecule has 3 aromatic rings. The summed E-state index contributed by atoms with van der Waals surface area (Å²) >= 11 is 0. The van der Waals surface area contributed by atoms with Gasteiger partial charge in [-0.3, -0.25) is 4.79 Å². The first-order valence-corrected chi connectivity index (χ1v) is 10.5. The average Bonchev–Trinajstić information content (AvgIpc) is 3.12. The van der Waals surface area contributed by atoms with E-state index in [-0.39, 0.29) is 18.9 Å². The number of aliphatic carboxylic acids is 1. The molecule has 5 nitrogen and oxygen atoms in total. The number of nitrogens with one attached hydrogen (secondary N) is 1. The van der Waals surface area contributed by atoms with Gasteiger partial charge in [0.1, 0.15) is 6.61 Å². The standard InChI is InChI=1S/C27H23NO4/c29-26(30)17-20-14-12-19(13-15-20)7-5-6-16-28-27(31)32-18-25-23-10-3-1-8-21(23)22-9-2-4-11-24(22)25/h1-4,8-15,25H,6,16-18H2,(H,28,31)(H,29,30). The highest BCUT2D eigenvalue weighted by Gasteiger charge is 2.28. The Hall–Kier alpha value is -4.04. The zero-order valence-corrected chi connectivity index (χ0v) is 17.5. The Kier molecular flexibility index (Phi) is 6.52. The number of rotatable bonds is 6. The molecule has 0 fully saturated rings. The highest BCUT2D eigenvalue weighted by Crippen LogP contribution is 2.44. The summed E-state index contributed by atoms with van der Waals surface area (Å²) < 4.78 is 5.50. The Balaban J connectivity index is 1.25. The molecule has 0 radical (unpaired) electrons. The normalized spacial score (nSPS) is 11.6. The minimum Gasteiger partial charge on any atom is -0.481 e. The van der Waals surface area contributed by atoms with Crippen molar-refractivity contribution in [3.8, 4) is 23.0 Å². The molecule has 2 N–H and O–H groups in total. The van der Waals surface area contributed by atoms with Crippen molar-refractivity contribution in [1.82, 2.24) is 5.32 Å². The van der Waals surface area contributed by atoms with Crippen LogP contribution in [-0.4, -0.2) is 30.3 Å². The van der Waals surface area contributed by atoms with Gasteiger partial charge in [-0.15, -0.1) is 0 Å². The molecule has 1 aliphatic rings. The van der Waals surface area contributed by atoms with Gasteiger partial charge >= 0.3 is 12.1 Å². The molecule has 1 aliphatic carbocycles. The number of carboxylic acid groups (broad SMARTS) is 1. The summed E-state index contributed by atoms with van der Waals surface area (Å²) in [4.78, 5) is 22.9. The van der Waals surface area contributed by atoms with Gasteiger partial charge in [0.2, 0.25) is 0 Å². The van der Waals surface area contributed by atoms with Gasteiger partial charge in [0.05, 0.1) is 6.42 Å². The number of fused-ring (bicyclic) bond motifs is 3. The minimum atomic E-state index is -0.858. The lowest BCUT2D eigenvalue weighted by molar-refractivity contribution is -0.136. The van der Waals surface area contributed by atoms with Crippen molar-refractivity contribution in [3.63, 3.8) is 0 Å². The number of benzene rings is 3. The number of alkyl carbamates (subject to hydrolysis) is 1. The number of carboxylic acids is 1. The summed E-state index contributed by atoms with van der Waals surface area (Å²) in [6.07, 6.45) is 0.0328. The fourth-order valence-electron chi connectivity index (χ4n) is 3.92. The van der Waals surface area contributed by atoms with E-state index in [2.05, 4.69) is 41.4 Å². The van der Waals surface area contributed by atoms with Crippen LogP contribution in [0.15, 0.2) is 72.8 Å². The quantitative estimate of drug-likeness (QED) is 0.447. The molecule has 160 valence electrons. The van der Waals surface area contributed by atoms with Crippen molar-refractivity contribution in [2.24, 2.45) is 0 Å². The van der Waals surface area contributed by atoms with E-state index in [1.165, 1.54) is 22.3 Å². The molecule has 0 saturated carbocycles. The number of carbonyl (C=O) groups excluding carboxylic acids is 1. The van der Waals surface area contributed by atoms with Crippen LogP contribution >= 0.6 is 0 Å². The van der Waals surface area contributed by atoms with Gasteiger partial charge in [0.15, 0.2) is 0 Å². The molecular weight excluding hydrogens is 402 g/mol. The first-order chi connectivity index (χ1) is 15.6. The first-order valence-electron chi connectivity index (χ1n) is 10.5. The van der Waals surface area contributed by atoms with Gasteiger partial charge in [-0.1, -0.05) is 72.5 Å². The van der Waals surface area contributed by atoms with E-state index in [1.54, 1.807) is 24.3 Å². The summed E-state index contributed by atoms with van der Waals surface area (Å²) in [6, 6.07) is 23.6. The van der Waals surface area contributed by atoms with Crippen LogP contribution in [0.3, 0.4) is 0 Å². The summed E-state index contributed by atoms with van der Waals surface area (Å²) in [5.74, 6) is 5.19. The number of hydrogen-bond donors (Lipinski definition) is 2. The molecule has 0 bridgehead atoms. The summed E-state index contributed by atoms with van der Waals surface area (Å²) in [5, 5.41) is 11.5. The van der Waals surface area contributed by atoms with Crippen LogP contribution in [0, 0.1) is 11.8 Å². The molecule has 0 heterocycles.